The van der Waals surface area contributed by atoms with E-state index in [0.29, 0.717) is 25.2 Å². The molecule has 126 valence electrons. The number of aromatic nitrogens is 4. The first kappa shape index (κ1) is 17.0. The molecule has 0 atom stereocenters. The SMILES string of the molecule is Cc1nc2ncnn2c(C)c1CCC(=O)N(C)Cc1cc(Br)cs1. The molecule has 3 aromatic rings. The van der Waals surface area contributed by atoms with Crippen molar-refractivity contribution in [3.63, 3.8) is 0 Å². The lowest BCUT2D eigenvalue weighted by molar-refractivity contribution is -0.130. The monoisotopic (exact) mass is 407 g/mol. The van der Waals surface area contributed by atoms with E-state index in [1.54, 1.807) is 20.8 Å². The summed E-state index contributed by atoms with van der Waals surface area (Å²) in [5.74, 6) is 0.720. The zero-order valence-electron chi connectivity index (χ0n) is 13.8. The van der Waals surface area contributed by atoms with Gasteiger partial charge in [0.25, 0.3) is 5.78 Å². The van der Waals surface area contributed by atoms with Gasteiger partial charge in [0.1, 0.15) is 6.33 Å². The van der Waals surface area contributed by atoms with Gasteiger partial charge in [0.15, 0.2) is 0 Å². The van der Waals surface area contributed by atoms with Crippen LogP contribution in [-0.2, 0) is 17.8 Å². The minimum absolute atomic E-state index is 0.122. The first-order valence-corrected chi connectivity index (χ1v) is 9.25. The van der Waals surface area contributed by atoms with Gasteiger partial charge < -0.3 is 4.90 Å². The third kappa shape index (κ3) is 3.49. The number of hydrogen-bond acceptors (Lipinski definition) is 5. The standard InChI is InChI=1S/C16H18BrN5OS/c1-10-14(11(2)22-16(20-10)18-9-19-22)4-5-15(23)21(3)7-13-6-12(17)8-24-13/h6,8-9H,4-5,7H2,1-3H3. The predicted molar refractivity (Wildman–Crippen MR) is 97.1 cm³/mol. The van der Waals surface area contributed by atoms with Gasteiger partial charge in [0.2, 0.25) is 5.91 Å². The fourth-order valence-electron chi connectivity index (χ4n) is 2.70. The van der Waals surface area contributed by atoms with Crippen LogP contribution in [-0.4, -0.2) is 37.4 Å². The maximum Gasteiger partial charge on any atom is 0.252 e. The van der Waals surface area contributed by atoms with E-state index in [1.807, 2.05) is 32.3 Å². The highest BCUT2D eigenvalue weighted by atomic mass is 79.9. The average molecular weight is 408 g/mol. The summed E-state index contributed by atoms with van der Waals surface area (Å²) in [4.78, 5) is 23.9. The zero-order valence-corrected chi connectivity index (χ0v) is 16.2. The Morgan fingerprint density at radius 3 is 2.92 bits per heavy atom. The number of aryl methyl sites for hydroxylation is 2. The fourth-order valence-corrected chi connectivity index (χ4v) is 4.20. The number of rotatable bonds is 5. The van der Waals surface area contributed by atoms with Gasteiger partial charge in [-0.05, 0) is 47.8 Å². The number of carbonyl (C=O) groups is 1. The molecule has 0 saturated carbocycles. The molecule has 0 N–H and O–H groups in total. The Morgan fingerprint density at radius 2 is 2.21 bits per heavy atom. The Morgan fingerprint density at radius 1 is 1.42 bits per heavy atom. The highest BCUT2D eigenvalue weighted by Gasteiger charge is 2.15. The first-order valence-electron chi connectivity index (χ1n) is 7.58. The number of fused-ring (bicyclic) bond motifs is 1. The molecule has 0 unspecified atom stereocenters. The van der Waals surface area contributed by atoms with Crippen molar-refractivity contribution in [2.75, 3.05) is 7.05 Å². The van der Waals surface area contributed by atoms with Crippen molar-refractivity contribution in [3.8, 4) is 0 Å². The van der Waals surface area contributed by atoms with Crippen LogP contribution in [0.5, 0.6) is 0 Å². The van der Waals surface area contributed by atoms with Gasteiger partial charge in [-0.15, -0.1) is 11.3 Å². The molecule has 0 fully saturated rings. The van der Waals surface area contributed by atoms with E-state index >= 15 is 0 Å². The highest BCUT2D eigenvalue weighted by Crippen LogP contribution is 2.21. The lowest BCUT2D eigenvalue weighted by atomic mass is 10.1. The lowest BCUT2D eigenvalue weighted by Crippen LogP contribution is -2.26. The third-order valence-corrected chi connectivity index (χ3v) is 5.70. The van der Waals surface area contributed by atoms with Crippen LogP contribution in [0.1, 0.15) is 28.2 Å². The smallest absolute Gasteiger partial charge is 0.252 e. The van der Waals surface area contributed by atoms with Crippen molar-refractivity contribution in [1.29, 1.82) is 0 Å². The second-order valence-electron chi connectivity index (χ2n) is 5.71. The van der Waals surface area contributed by atoms with Gasteiger partial charge in [-0.2, -0.15) is 10.1 Å². The van der Waals surface area contributed by atoms with Crippen LogP contribution in [0.2, 0.25) is 0 Å². The molecule has 0 saturated heterocycles. The van der Waals surface area contributed by atoms with E-state index in [2.05, 4.69) is 31.0 Å². The van der Waals surface area contributed by atoms with Crippen molar-refractivity contribution in [1.82, 2.24) is 24.5 Å². The van der Waals surface area contributed by atoms with Gasteiger partial charge in [0.05, 0.1) is 6.54 Å². The summed E-state index contributed by atoms with van der Waals surface area (Å²) in [5.41, 5.74) is 2.96. The van der Waals surface area contributed by atoms with Crippen LogP contribution >= 0.6 is 27.3 Å². The van der Waals surface area contributed by atoms with E-state index in [9.17, 15) is 4.79 Å². The van der Waals surface area contributed by atoms with Gasteiger partial charge in [-0.3, -0.25) is 4.79 Å². The Balaban J connectivity index is 1.67. The van der Waals surface area contributed by atoms with Gasteiger partial charge in [0, 0.05) is 39.6 Å². The van der Waals surface area contributed by atoms with Gasteiger partial charge in [-0.1, -0.05) is 0 Å². The maximum atomic E-state index is 12.4. The highest BCUT2D eigenvalue weighted by molar-refractivity contribution is 9.10. The van der Waals surface area contributed by atoms with Gasteiger partial charge in [-0.25, -0.2) is 9.50 Å². The summed E-state index contributed by atoms with van der Waals surface area (Å²) < 4.78 is 2.78. The van der Waals surface area contributed by atoms with E-state index in [1.165, 1.54) is 6.33 Å². The summed E-state index contributed by atoms with van der Waals surface area (Å²) in [5, 5.41) is 6.21. The Bertz CT molecular complexity index is 888. The molecule has 1 amide bonds. The molecule has 0 aromatic carbocycles. The molecule has 3 rings (SSSR count). The number of carbonyl (C=O) groups excluding carboxylic acids is 1. The Labute approximate surface area is 152 Å². The normalized spacial score (nSPS) is 11.2. The molecular formula is C16H18BrN5OS. The minimum Gasteiger partial charge on any atom is -0.341 e. The number of amides is 1. The first-order chi connectivity index (χ1) is 11.5. The molecule has 0 aliphatic heterocycles. The summed E-state index contributed by atoms with van der Waals surface area (Å²) in [6, 6.07) is 2.05. The van der Waals surface area contributed by atoms with E-state index < -0.39 is 0 Å². The summed E-state index contributed by atoms with van der Waals surface area (Å²) in [7, 11) is 1.84. The van der Waals surface area contributed by atoms with Crippen LogP contribution in [0, 0.1) is 13.8 Å². The molecule has 0 radical (unpaired) electrons. The molecule has 0 bridgehead atoms. The maximum absolute atomic E-state index is 12.4. The number of hydrogen-bond donors (Lipinski definition) is 0. The zero-order chi connectivity index (χ0) is 17.3. The van der Waals surface area contributed by atoms with Crippen LogP contribution < -0.4 is 0 Å². The van der Waals surface area contributed by atoms with Crippen molar-refractivity contribution in [2.24, 2.45) is 0 Å². The molecule has 0 aliphatic carbocycles. The molecule has 8 heteroatoms. The van der Waals surface area contributed by atoms with Crippen LogP contribution in [0.3, 0.4) is 0 Å². The predicted octanol–water partition coefficient (Wildman–Crippen LogP) is 3.16. The van der Waals surface area contributed by atoms with Crippen molar-refractivity contribution in [2.45, 2.75) is 33.2 Å². The van der Waals surface area contributed by atoms with E-state index in [-0.39, 0.29) is 5.91 Å². The molecule has 3 aromatic heterocycles. The molecule has 3 heterocycles. The summed E-state index contributed by atoms with van der Waals surface area (Å²) >= 11 is 5.09. The second-order valence-corrected chi connectivity index (χ2v) is 7.63. The topological polar surface area (TPSA) is 63.4 Å². The number of thiophene rings is 1. The molecule has 24 heavy (non-hydrogen) atoms. The summed E-state index contributed by atoms with van der Waals surface area (Å²) in [6.45, 7) is 4.57. The average Bonchev–Trinajstić information content (AvgIpc) is 3.15. The molecular weight excluding hydrogens is 390 g/mol. The second kappa shape index (κ2) is 6.98. The van der Waals surface area contributed by atoms with E-state index in [4.69, 9.17) is 0 Å². The molecule has 0 spiro atoms. The van der Waals surface area contributed by atoms with Crippen molar-refractivity contribution in [3.05, 3.63) is 44.1 Å². The quantitative estimate of drug-likeness (QED) is 0.651. The fraction of sp³-hybridized carbons (Fsp3) is 0.375. The minimum atomic E-state index is 0.122. The van der Waals surface area contributed by atoms with Crippen LogP contribution in [0.4, 0.5) is 0 Å². The van der Waals surface area contributed by atoms with E-state index in [0.717, 1.165) is 26.3 Å². The van der Waals surface area contributed by atoms with Crippen LogP contribution in [0.15, 0.2) is 22.2 Å². The molecule has 0 aliphatic rings. The largest absolute Gasteiger partial charge is 0.341 e. The Kier molecular flexibility index (Phi) is 4.96. The van der Waals surface area contributed by atoms with Gasteiger partial charge >= 0.3 is 0 Å². The third-order valence-electron chi connectivity index (χ3n) is 4.02. The van der Waals surface area contributed by atoms with Crippen molar-refractivity contribution >= 4 is 39.0 Å². The molecule has 6 nitrogen and oxygen atoms in total. The lowest BCUT2D eigenvalue weighted by Gasteiger charge is -2.17. The summed E-state index contributed by atoms with van der Waals surface area (Å²) in [6.07, 6.45) is 2.60. The van der Waals surface area contributed by atoms with Crippen molar-refractivity contribution < 1.29 is 4.79 Å². The number of nitrogens with zero attached hydrogens (tertiary/aromatic N) is 5. The Hall–Kier alpha value is -1.80. The number of halogens is 1. The van der Waals surface area contributed by atoms with Crippen LogP contribution in [0.25, 0.3) is 5.78 Å².